The average molecular weight is 268 g/mol. The van der Waals surface area contributed by atoms with Gasteiger partial charge in [0.15, 0.2) is 17.4 Å². The minimum Gasteiger partial charge on any atom is -0.505 e. The van der Waals surface area contributed by atoms with Crippen molar-refractivity contribution < 1.29 is 19.0 Å². The molecule has 0 amide bonds. The minimum absolute atomic E-state index is 0.0981. The predicted molar refractivity (Wildman–Crippen MR) is 70.5 cm³/mol. The van der Waals surface area contributed by atoms with Gasteiger partial charge in [-0.2, -0.15) is 0 Å². The van der Waals surface area contributed by atoms with Gasteiger partial charge in [0.2, 0.25) is 0 Å². The summed E-state index contributed by atoms with van der Waals surface area (Å²) in [4.78, 5) is 0. The van der Waals surface area contributed by atoms with Gasteiger partial charge in [-0.05, 0) is 51.8 Å². The van der Waals surface area contributed by atoms with E-state index in [-0.39, 0.29) is 11.9 Å². The third-order valence-electron chi connectivity index (χ3n) is 3.88. The quantitative estimate of drug-likeness (QED) is 0.892. The molecule has 2 unspecified atom stereocenters. The van der Waals surface area contributed by atoms with Crippen LogP contribution in [0.2, 0.25) is 0 Å². The molecule has 2 rings (SSSR count). The lowest BCUT2D eigenvalue weighted by molar-refractivity contribution is -0.180. The maximum Gasteiger partial charge on any atom is 0.193 e. The van der Waals surface area contributed by atoms with E-state index < -0.39 is 17.2 Å². The smallest absolute Gasteiger partial charge is 0.193 e. The molecule has 1 aliphatic rings. The van der Waals surface area contributed by atoms with Crippen LogP contribution >= 0.6 is 0 Å². The third kappa shape index (κ3) is 2.35. The second-order valence-electron chi connectivity index (χ2n) is 5.73. The first-order valence-electron chi connectivity index (χ1n) is 6.59. The Morgan fingerprint density at radius 1 is 1.32 bits per heavy atom. The molecule has 0 saturated carbocycles. The monoisotopic (exact) mass is 268 g/mol. The van der Waals surface area contributed by atoms with E-state index in [1.54, 1.807) is 6.92 Å². The molecule has 0 bridgehead atoms. The van der Waals surface area contributed by atoms with Crippen LogP contribution in [0.4, 0.5) is 4.39 Å². The molecule has 1 heterocycles. The highest BCUT2D eigenvalue weighted by Gasteiger charge is 2.49. The highest BCUT2D eigenvalue weighted by atomic mass is 19.1. The molecule has 1 aromatic carbocycles. The number of hydrogen-bond acceptors (Lipinski definition) is 3. The molecule has 0 spiro atoms. The van der Waals surface area contributed by atoms with Crippen molar-refractivity contribution in [1.29, 1.82) is 0 Å². The normalized spacial score (nSPS) is 29.7. The number of halogens is 1. The summed E-state index contributed by atoms with van der Waals surface area (Å²) in [5.74, 6) is -1.98. The summed E-state index contributed by atoms with van der Waals surface area (Å²) in [6, 6.07) is 2.75. The maximum absolute atomic E-state index is 13.6. The van der Waals surface area contributed by atoms with Gasteiger partial charge in [-0.15, -0.1) is 0 Å². The Bertz CT molecular complexity index is 498. The van der Waals surface area contributed by atoms with Crippen LogP contribution in [0.3, 0.4) is 0 Å². The molecule has 106 valence electrons. The van der Waals surface area contributed by atoms with Crippen LogP contribution < -0.4 is 0 Å². The first-order chi connectivity index (χ1) is 8.69. The lowest BCUT2D eigenvalue weighted by Gasteiger charge is -2.28. The molecule has 1 fully saturated rings. The summed E-state index contributed by atoms with van der Waals surface area (Å²) in [6.07, 6.45) is 0.569. The zero-order chi connectivity index (χ0) is 14.4. The lowest BCUT2D eigenvalue weighted by Crippen LogP contribution is -2.31. The first-order valence-corrected chi connectivity index (χ1v) is 6.59. The number of ether oxygens (including phenoxy) is 2. The van der Waals surface area contributed by atoms with E-state index in [9.17, 15) is 9.50 Å². The molecular formula is C15H21FO3. The molecule has 0 radical (unpaired) electrons. The number of benzene rings is 1. The number of aryl methyl sites for hydroxylation is 1. The van der Waals surface area contributed by atoms with Crippen LogP contribution in [0.1, 0.15) is 45.7 Å². The molecule has 0 aliphatic carbocycles. The Kier molecular flexibility index (Phi) is 3.35. The Labute approximate surface area is 113 Å². The number of phenols is 1. The zero-order valence-electron chi connectivity index (χ0n) is 12.1. The molecule has 1 saturated heterocycles. The SMILES string of the molecule is CCc1cc(O)c(F)cc1C1(C)OC(C)C(C)(C)O1. The van der Waals surface area contributed by atoms with Crippen LogP contribution in [-0.2, 0) is 21.7 Å². The molecule has 4 heteroatoms. The van der Waals surface area contributed by atoms with Crippen LogP contribution in [-0.4, -0.2) is 16.8 Å². The van der Waals surface area contributed by atoms with E-state index in [2.05, 4.69) is 0 Å². The molecule has 1 aromatic rings. The molecular weight excluding hydrogens is 247 g/mol. The van der Waals surface area contributed by atoms with E-state index >= 15 is 0 Å². The molecule has 19 heavy (non-hydrogen) atoms. The number of phenolic OH excluding ortho intramolecular Hbond substituents is 1. The van der Waals surface area contributed by atoms with Crippen molar-refractivity contribution >= 4 is 0 Å². The van der Waals surface area contributed by atoms with Crippen LogP contribution in [0, 0.1) is 5.82 Å². The Hall–Kier alpha value is -1.13. The fraction of sp³-hybridized carbons (Fsp3) is 0.600. The Morgan fingerprint density at radius 2 is 1.95 bits per heavy atom. The Morgan fingerprint density at radius 3 is 2.42 bits per heavy atom. The summed E-state index contributed by atoms with van der Waals surface area (Å²) >= 11 is 0. The maximum atomic E-state index is 13.6. The summed E-state index contributed by atoms with van der Waals surface area (Å²) < 4.78 is 25.6. The van der Waals surface area contributed by atoms with Gasteiger partial charge in [0.25, 0.3) is 0 Å². The summed E-state index contributed by atoms with van der Waals surface area (Å²) in [6.45, 7) is 9.58. The van der Waals surface area contributed by atoms with Crippen molar-refractivity contribution in [2.75, 3.05) is 0 Å². The number of hydrogen-bond donors (Lipinski definition) is 1. The topological polar surface area (TPSA) is 38.7 Å². The highest BCUT2D eigenvalue weighted by molar-refractivity contribution is 5.39. The molecule has 2 atom stereocenters. The first kappa shape index (κ1) is 14.3. The van der Waals surface area contributed by atoms with E-state index in [1.807, 2.05) is 27.7 Å². The van der Waals surface area contributed by atoms with Crippen LogP contribution in [0.25, 0.3) is 0 Å². The van der Waals surface area contributed by atoms with Crippen molar-refractivity contribution in [3.05, 3.63) is 29.1 Å². The second kappa shape index (κ2) is 4.46. The van der Waals surface area contributed by atoms with Crippen LogP contribution in [0.15, 0.2) is 12.1 Å². The number of rotatable bonds is 2. The largest absolute Gasteiger partial charge is 0.505 e. The predicted octanol–water partition coefficient (Wildman–Crippen LogP) is 3.48. The van der Waals surface area contributed by atoms with Gasteiger partial charge in [0, 0.05) is 5.56 Å². The van der Waals surface area contributed by atoms with Crippen molar-refractivity contribution in [1.82, 2.24) is 0 Å². The van der Waals surface area contributed by atoms with Gasteiger partial charge in [-0.1, -0.05) is 6.92 Å². The fourth-order valence-electron chi connectivity index (χ4n) is 2.53. The van der Waals surface area contributed by atoms with Crippen molar-refractivity contribution in [3.63, 3.8) is 0 Å². The standard InChI is InChI=1S/C15H21FO3/c1-6-10-7-13(17)12(16)8-11(10)15(5)18-9(2)14(3,4)19-15/h7-9,17H,6H2,1-5H3. The summed E-state index contributed by atoms with van der Waals surface area (Å²) in [5.41, 5.74) is 1.03. The van der Waals surface area contributed by atoms with Gasteiger partial charge < -0.3 is 14.6 Å². The summed E-state index contributed by atoms with van der Waals surface area (Å²) in [5, 5.41) is 9.48. The fourth-order valence-corrected chi connectivity index (χ4v) is 2.53. The van der Waals surface area contributed by atoms with Gasteiger partial charge in [-0.3, -0.25) is 0 Å². The highest BCUT2D eigenvalue weighted by Crippen LogP contribution is 2.44. The third-order valence-corrected chi connectivity index (χ3v) is 3.88. The molecule has 3 nitrogen and oxygen atoms in total. The van der Waals surface area contributed by atoms with Crippen LogP contribution in [0.5, 0.6) is 5.75 Å². The Balaban J connectivity index is 2.50. The van der Waals surface area contributed by atoms with Gasteiger partial charge in [0.05, 0.1) is 11.7 Å². The molecule has 1 aliphatic heterocycles. The van der Waals surface area contributed by atoms with Crippen molar-refractivity contribution in [2.45, 2.75) is 58.5 Å². The second-order valence-corrected chi connectivity index (χ2v) is 5.73. The van der Waals surface area contributed by atoms with Gasteiger partial charge in [-0.25, -0.2) is 4.39 Å². The van der Waals surface area contributed by atoms with E-state index in [0.717, 1.165) is 5.56 Å². The molecule has 0 aromatic heterocycles. The van der Waals surface area contributed by atoms with Gasteiger partial charge >= 0.3 is 0 Å². The van der Waals surface area contributed by atoms with Crippen molar-refractivity contribution in [2.24, 2.45) is 0 Å². The van der Waals surface area contributed by atoms with E-state index in [1.165, 1.54) is 12.1 Å². The van der Waals surface area contributed by atoms with E-state index in [0.29, 0.717) is 12.0 Å². The van der Waals surface area contributed by atoms with E-state index in [4.69, 9.17) is 9.47 Å². The van der Waals surface area contributed by atoms with Gasteiger partial charge in [0.1, 0.15) is 0 Å². The molecule has 1 N–H and O–H groups in total. The minimum atomic E-state index is -0.983. The number of aromatic hydroxyl groups is 1. The lowest BCUT2D eigenvalue weighted by atomic mass is 9.97. The summed E-state index contributed by atoms with van der Waals surface area (Å²) in [7, 11) is 0. The zero-order valence-corrected chi connectivity index (χ0v) is 12.1. The van der Waals surface area contributed by atoms with Crippen molar-refractivity contribution in [3.8, 4) is 5.75 Å². The average Bonchev–Trinajstić information content (AvgIpc) is 2.51.